The molecule has 0 N–H and O–H groups in total. The summed E-state index contributed by atoms with van der Waals surface area (Å²) in [5, 5.41) is 0. The predicted octanol–water partition coefficient (Wildman–Crippen LogP) is 2.92. The number of hydrogen-bond donors (Lipinski definition) is 0. The highest BCUT2D eigenvalue weighted by Crippen LogP contribution is 2.24. The fourth-order valence-corrected chi connectivity index (χ4v) is 1.67. The van der Waals surface area contributed by atoms with E-state index < -0.39 is 0 Å². The second kappa shape index (κ2) is 3.29. The molecule has 10 heavy (non-hydrogen) atoms. The highest BCUT2D eigenvalue weighted by molar-refractivity contribution is 6.14. The van der Waals surface area contributed by atoms with E-state index in [9.17, 15) is 0 Å². The van der Waals surface area contributed by atoms with E-state index >= 15 is 0 Å². The van der Waals surface area contributed by atoms with Crippen molar-refractivity contribution in [1.29, 1.82) is 0 Å². The number of hydrogen-bond acceptors (Lipinski definition) is 1. The summed E-state index contributed by atoms with van der Waals surface area (Å²) in [5.41, 5.74) is 2.68. The van der Waals surface area contributed by atoms with Gasteiger partial charge in [0.15, 0.2) is 0 Å². The van der Waals surface area contributed by atoms with Crippen molar-refractivity contribution in [2.45, 2.75) is 33.1 Å². The molecular weight excluding hydrogens is 146 g/mol. The van der Waals surface area contributed by atoms with Crippen LogP contribution in [-0.2, 0) is 0 Å². The first-order valence-corrected chi connectivity index (χ1v) is 4.15. The number of rotatable bonds is 0. The largest absolute Gasteiger partial charge is 0.289 e. The van der Waals surface area contributed by atoms with Gasteiger partial charge in [-0.3, -0.25) is 4.42 Å². The molecule has 0 aromatic carbocycles. The number of halogens is 1. The molecule has 0 bridgehead atoms. The summed E-state index contributed by atoms with van der Waals surface area (Å²) in [6.07, 6.45) is 3.69. The van der Waals surface area contributed by atoms with E-state index in [0.717, 1.165) is 13.0 Å². The maximum Gasteiger partial charge on any atom is 0.0345 e. The Morgan fingerprint density at radius 1 is 1.40 bits per heavy atom. The van der Waals surface area contributed by atoms with Crippen molar-refractivity contribution in [1.82, 2.24) is 4.42 Å². The van der Waals surface area contributed by atoms with E-state index in [1.165, 1.54) is 24.1 Å². The highest BCUT2D eigenvalue weighted by atomic mass is 35.5. The molecule has 1 fully saturated rings. The molecule has 0 aromatic heterocycles. The fourth-order valence-electron chi connectivity index (χ4n) is 1.29. The minimum Gasteiger partial charge on any atom is -0.289 e. The summed E-state index contributed by atoms with van der Waals surface area (Å²) >= 11 is 5.95. The van der Waals surface area contributed by atoms with Crippen molar-refractivity contribution >= 4 is 11.8 Å². The summed E-state index contributed by atoms with van der Waals surface area (Å²) < 4.78 is 1.86. The van der Waals surface area contributed by atoms with Gasteiger partial charge in [0.2, 0.25) is 0 Å². The topological polar surface area (TPSA) is 3.24 Å². The highest BCUT2D eigenvalue weighted by Gasteiger charge is 2.12. The van der Waals surface area contributed by atoms with Gasteiger partial charge in [-0.2, -0.15) is 0 Å². The van der Waals surface area contributed by atoms with E-state index in [1.54, 1.807) is 0 Å². The van der Waals surface area contributed by atoms with Crippen LogP contribution in [0, 0.1) is 0 Å². The molecule has 1 rings (SSSR count). The summed E-state index contributed by atoms with van der Waals surface area (Å²) in [4.78, 5) is 0. The van der Waals surface area contributed by atoms with Gasteiger partial charge in [0, 0.05) is 24.0 Å². The molecule has 1 saturated heterocycles. The van der Waals surface area contributed by atoms with Crippen molar-refractivity contribution in [2.24, 2.45) is 0 Å². The van der Waals surface area contributed by atoms with Crippen LogP contribution in [0.3, 0.4) is 0 Å². The van der Waals surface area contributed by atoms with Gasteiger partial charge in [0.25, 0.3) is 0 Å². The Kier molecular flexibility index (Phi) is 2.61. The van der Waals surface area contributed by atoms with Gasteiger partial charge in [0.05, 0.1) is 0 Å². The average molecular weight is 160 g/mol. The molecule has 0 spiro atoms. The lowest BCUT2D eigenvalue weighted by molar-refractivity contribution is 0.436. The van der Waals surface area contributed by atoms with Gasteiger partial charge in [-0.15, -0.1) is 0 Å². The molecule has 1 aliphatic rings. The molecule has 0 radical (unpaired) electrons. The predicted molar refractivity (Wildman–Crippen MR) is 44.8 cm³/mol. The minimum atomic E-state index is 1.02. The molecule has 0 unspecified atom stereocenters. The van der Waals surface area contributed by atoms with Crippen LogP contribution in [0.2, 0.25) is 0 Å². The van der Waals surface area contributed by atoms with E-state index in [0.29, 0.717) is 0 Å². The first-order chi connectivity index (χ1) is 4.72. The Bertz CT molecular complexity index is 147. The zero-order valence-corrected chi connectivity index (χ0v) is 7.41. The van der Waals surface area contributed by atoms with Gasteiger partial charge in [-0.1, -0.05) is 5.57 Å². The maximum atomic E-state index is 5.95. The van der Waals surface area contributed by atoms with Crippen LogP contribution >= 0.6 is 11.8 Å². The molecule has 1 nitrogen and oxygen atoms in total. The Balaban J connectivity index is 2.65. The van der Waals surface area contributed by atoms with Gasteiger partial charge in [0.1, 0.15) is 0 Å². The zero-order valence-electron chi connectivity index (χ0n) is 6.65. The Morgan fingerprint density at radius 3 is 2.50 bits per heavy atom. The normalized spacial score (nSPS) is 19.5. The van der Waals surface area contributed by atoms with Crippen LogP contribution in [0.25, 0.3) is 0 Å². The summed E-state index contributed by atoms with van der Waals surface area (Å²) in [5.74, 6) is 0. The van der Waals surface area contributed by atoms with E-state index in [4.69, 9.17) is 11.8 Å². The molecule has 1 aliphatic heterocycles. The molecule has 0 aromatic rings. The van der Waals surface area contributed by atoms with Crippen LogP contribution in [0.5, 0.6) is 0 Å². The van der Waals surface area contributed by atoms with E-state index in [-0.39, 0.29) is 0 Å². The van der Waals surface area contributed by atoms with Crippen LogP contribution < -0.4 is 0 Å². The molecule has 58 valence electrons. The molecule has 0 amide bonds. The lowest BCUT2D eigenvalue weighted by Gasteiger charge is -2.25. The Morgan fingerprint density at radius 2 is 2.10 bits per heavy atom. The van der Waals surface area contributed by atoms with Gasteiger partial charge >= 0.3 is 0 Å². The monoisotopic (exact) mass is 159 g/mol. The third kappa shape index (κ3) is 1.66. The third-order valence-corrected chi connectivity index (χ3v) is 2.26. The standard InChI is InChI=1S/C8H14ClN/c1-7(2)8-5-3-4-6-10(8)9/h3-6H2,1-2H3. The zero-order chi connectivity index (χ0) is 7.56. The van der Waals surface area contributed by atoms with Crippen molar-refractivity contribution in [2.75, 3.05) is 6.54 Å². The third-order valence-electron chi connectivity index (χ3n) is 1.89. The van der Waals surface area contributed by atoms with Crippen molar-refractivity contribution in [3.05, 3.63) is 11.3 Å². The maximum absolute atomic E-state index is 5.95. The Labute approximate surface area is 67.8 Å². The molecular formula is C8H14ClN. The summed E-state index contributed by atoms with van der Waals surface area (Å²) in [6, 6.07) is 0. The number of piperidine rings is 1. The molecule has 1 heterocycles. The molecule has 2 heteroatoms. The molecule has 0 aliphatic carbocycles. The first kappa shape index (κ1) is 7.93. The smallest absolute Gasteiger partial charge is 0.0345 e. The van der Waals surface area contributed by atoms with Gasteiger partial charge in [-0.25, -0.2) is 0 Å². The lowest BCUT2D eigenvalue weighted by atomic mass is 10.1. The second-order valence-electron chi connectivity index (χ2n) is 2.99. The van der Waals surface area contributed by atoms with E-state index in [1.807, 2.05) is 4.42 Å². The van der Waals surface area contributed by atoms with Crippen LogP contribution in [0.15, 0.2) is 11.3 Å². The molecule has 0 atom stereocenters. The molecule has 0 saturated carbocycles. The lowest BCUT2D eigenvalue weighted by Crippen LogP contribution is -2.19. The minimum absolute atomic E-state index is 1.02. The number of allylic oxidation sites excluding steroid dienone is 2. The van der Waals surface area contributed by atoms with Gasteiger partial charge < -0.3 is 0 Å². The fraction of sp³-hybridized carbons (Fsp3) is 0.750. The van der Waals surface area contributed by atoms with Crippen molar-refractivity contribution in [3.63, 3.8) is 0 Å². The van der Waals surface area contributed by atoms with Crippen LogP contribution in [0.4, 0.5) is 0 Å². The Hall–Kier alpha value is -0.170. The average Bonchev–Trinajstić information content (AvgIpc) is 1.88. The second-order valence-corrected chi connectivity index (χ2v) is 3.40. The van der Waals surface area contributed by atoms with Crippen LogP contribution in [0.1, 0.15) is 33.1 Å². The van der Waals surface area contributed by atoms with Crippen molar-refractivity contribution in [3.8, 4) is 0 Å². The van der Waals surface area contributed by atoms with Crippen molar-refractivity contribution < 1.29 is 0 Å². The van der Waals surface area contributed by atoms with Gasteiger partial charge in [-0.05, 0) is 33.1 Å². The van der Waals surface area contributed by atoms with Crippen LogP contribution in [-0.4, -0.2) is 11.0 Å². The van der Waals surface area contributed by atoms with E-state index in [2.05, 4.69) is 13.8 Å². The SMILES string of the molecule is CC(C)=C1CCCCN1Cl. The first-order valence-electron chi connectivity index (χ1n) is 3.81. The number of nitrogens with zero attached hydrogens (tertiary/aromatic N) is 1. The summed E-state index contributed by atoms with van der Waals surface area (Å²) in [6.45, 7) is 5.26. The summed E-state index contributed by atoms with van der Waals surface area (Å²) in [7, 11) is 0. The quantitative estimate of drug-likeness (QED) is 0.492.